The summed E-state index contributed by atoms with van der Waals surface area (Å²) in [5, 5.41) is 3.35. The van der Waals surface area contributed by atoms with Crippen molar-refractivity contribution in [2.75, 3.05) is 26.8 Å². The molecule has 4 nitrogen and oxygen atoms in total. The van der Waals surface area contributed by atoms with Crippen LogP contribution in [0.4, 0.5) is 0 Å². The first kappa shape index (κ1) is 12.9. The van der Waals surface area contributed by atoms with E-state index in [4.69, 9.17) is 9.47 Å². The fraction of sp³-hybridized carbons (Fsp3) is 0.500. The monoisotopic (exact) mass is 249 g/mol. The number of ether oxygens (including phenoxy) is 2. The van der Waals surface area contributed by atoms with Crippen LogP contribution < -0.4 is 10.1 Å². The van der Waals surface area contributed by atoms with Crippen molar-refractivity contribution < 1.29 is 14.3 Å². The van der Waals surface area contributed by atoms with E-state index >= 15 is 0 Å². The van der Waals surface area contributed by atoms with Gasteiger partial charge in [0.2, 0.25) is 0 Å². The number of nitrogens with one attached hydrogen (secondary N) is 1. The third-order valence-electron chi connectivity index (χ3n) is 3.17. The highest BCUT2D eigenvalue weighted by Gasteiger charge is 2.16. The van der Waals surface area contributed by atoms with E-state index in [9.17, 15) is 4.79 Å². The largest absolute Gasteiger partial charge is 0.492 e. The molecule has 1 atom stereocenters. The fourth-order valence-electron chi connectivity index (χ4n) is 2.14. The lowest BCUT2D eigenvalue weighted by molar-refractivity contribution is 0.0594. The minimum Gasteiger partial charge on any atom is -0.492 e. The molecule has 1 N–H and O–H groups in total. The molecule has 1 fully saturated rings. The Morgan fingerprint density at radius 3 is 3.00 bits per heavy atom. The van der Waals surface area contributed by atoms with Gasteiger partial charge in [-0.15, -0.1) is 0 Å². The predicted octanol–water partition coefficient (Wildman–Crippen LogP) is 1.85. The molecule has 0 amide bonds. The number of esters is 1. The molecule has 18 heavy (non-hydrogen) atoms. The number of piperidine rings is 1. The van der Waals surface area contributed by atoms with Crippen molar-refractivity contribution in [1.82, 2.24) is 5.32 Å². The minimum absolute atomic E-state index is 0.354. The molecule has 0 aromatic heterocycles. The predicted molar refractivity (Wildman–Crippen MR) is 68.9 cm³/mol. The average molecular weight is 249 g/mol. The SMILES string of the molecule is COC(=O)c1ccccc1OC[C@H]1CCCNC1. The van der Waals surface area contributed by atoms with Gasteiger partial charge in [-0.2, -0.15) is 0 Å². The number of hydrogen-bond acceptors (Lipinski definition) is 4. The standard InChI is InChI=1S/C14H19NO3/c1-17-14(16)12-6-2-3-7-13(12)18-10-11-5-4-8-15-9-11/h2-3,6-7,11,15H,4-5,8-10H2,1H3/t11-/m0/s1. The zero-order valence-electron chi connectivity index (χ0n) is 10.6. The molecule has 1 aliphatic rings. The van der Waals surface area contributed by atoms with Crippen molar-refractivity contribution in [1.29, 1.82) is 0 Å². The van der Waals surface area contributed by atoms with Crippen LogP contribution in [0.1, 0.15) is 23.2 Å². The molecular weight excluding hydrogens is 230 g/mol. The van der Waals surface area contributed by atoms with E-state index < -0.39 is 0 Å². The zero-order valence-corrected chi connectivity index (χ0v) is 10.6. The van der Waals surface area contributed by atoms with Crippen LogP contribution in [-0.4, -0.2) is 32.8 Å². The van der Waals surface area contributed by atoms with Gasteiger partial charge in [0.05, 0.1) is 13.7 Å². The maximum absolute atomic E-state index is 11.6. The lowest BCUT2D eigenvalue weighted by Crippen LogP contribution is -2.33. The summed E-state index contributed by atoms with van der Waals surface area (Å²) < 4.78 is 10.5. The Morgan fingerprint density at radius 2 is 2.28 bits per heavy atom. The molecule has 4 heteroatoms. The number of para-hydroxylation sites is 1. The summed E-state index contributed by atoms with van der Waals surface area (Å²) in [4.78, 5) is 11.6. The summed E-state index contributed by atoms with van der Waals surface area (Å²) in [6.07, 6.45) is 2.36. The Labute approximate surface area is 107 Å². The Kier molecular flexibility index (Phi) is 4.59. The summed E-state index contributed by atoms with van der Waals surface area (Å²) in [6, 6.07) is 7.20. The fourth-order valence-corrected chi connectivity index (χ4v) is 2.14. The second-order valence-electron chi connectivity index (χ2n) is 4.51. The number of carbonyl (C=O) groups excluding carboxylic acids is 1. The topological polar surface area (TPSA) is 47.6 Å². The molecule has 1 saturated heterocycles. The maximum Gasteiger partial charge on any atom is 0.341 e. The highest BCUT2D eigenvalue weighted by Crippen LogP contribution is 2.20. The van der Waals surface area contributed by atoms with Gasteiger partial charge < -0.3 is 14.8 Å². The molecule has 0 radical (unpaired) electrons. The highest BCUT2D eigenvalue weighted by molar-refractivity contribution is 5.92. The normalized spacial score (nSPS) is 19.3. The van der Waals surface area contributed by atoms with Crippen LogP contribution in [0.5, 0.6) is 5.75 Å². The number of benzene rings is 1. The summed E-state index contributed by atoms with van der Waals surface area (Å²) in [7, 11) is 1.38. The summed E-state index contributed by atoms with van der Waals surface area (Å²) in [5.41, 5.74) is 0.490. The van der Waals surface area contributed by atoms with Crippen LogP contribution >= 0.6 is 0 Å². The summed E-state index contributed by atoms with van der Waals surface area (Å²) >= 11 is 0. The molecule has 0 aliphatic carbocycles. The zero-order chi connectivity index (χ0) is 12.8. The lowest BCUT2D eigenvalue weighted by atomic mass is 10.0. The number of carbonyl (C=O) groups is 1. The van der Waals surface area contributed by atoms with Crippen molar-refractivity contribution in [2.24, 2.45) is 5.92 Å². The van der Waals surface area contributed by atoms with Crippen molar-refractivity contribution in [3.05, 3.63) is 29.8 Å². The second kappa shape index (κ2) is 6.40. The molecule has 1 aliphatic heterocycles. The molecule has 2 rings (SSSR count). The first-order valence-electron chi connectivity index (χ1n) is 6.32. The number of rotatable bonds is 4. The van der Waals surface area contributed by atoms with E-state index in [1.54, 1.807) is 12.1 Å². The molecule has 0 bridgehead atoms. The molecular formula is C14H19NO3. The van der Waals surface area contributed by atoms with Gasteiger partial charge in [-0.05, 0) is 31.5 Å². The molecule has 0 saturated carbocycles. The first-order chi connectivity index (χ1) is 8.81. The van der Waals surface area contributed by atoms with E-state index in [-0.39, 0.29) is 5.97 Å². The summed E-state index contributed by atoms with van der Waals surface area (Å²) in [5.74, 6) is 0.770. The third kappa shape index (κ3) is 3.23. The molecule has 1 aromatic rings. The van der Waals surface area contributed by atoms with Crippen LogP contribution in [0.2, 0.25) is 0 Å². The Bertz CT molecular complexity index is 400. The second-order valence-corrected chi connectivity index (χ2v) is 4.51. The smallest absolute Gasteiger partial charge is 0.341 e. The third-order valence-corrected chi connectivity index (χ3v) is 3.17. The first-order valence-corrected chi connectivity index (χ1v) is 6.32. The number of methoxy groups -OCH3 is 1. The van der Waals surface area contributed by atoms with Crippen molar-refractivity contribution in [3.63, 3.8) is 0 Å². The van der Waals surface area contributed by atoms with Gasteiger partial charge in [0.25, 0.3) is 0 Å². The van der Waals surface area contributed by atoms with E-state index in [1.807, 2.05) is 12.1 Å². The van der Waals surface area contributed by atoms with Gasteiger partial charge in [0.15, 0.2) is 0 Å². The van der Waals surface area contributed by atoms with Crippen LogP contribution in [-0.2, 0) is 4.74 Å². The van der Waals surface area contributed by atoms with Crippen LogP contribution in [0.15, 0.2) is 24.3 Å². The lowest BCUT2D eigenvalue weighted by Gasteiger charge is -2.23. The van der Waals surface area contributed by atoms with Gasteiger partial charge in [0.1, 0.15) is 11.3 Å². The molecule has 1 heterocycles. The van der Waals surface area contributed by atoms with E-state index in [0.29, 0.717) is 23.8 Å². The van der Waals surface area contributed by atoms with Gasteiger partial charge in [-0.1, -0.05) is 12.1 Å². The van der Waals surface area contributed by atoms with Crippen molar-refractivity contribution in [2.45, 2.75) is 12.8 Å². The molecule has 0 unspecified atom stereocenters. The van der Waals surface area contributed by atoms with Crippen LogP contribution in [0, 0.1) is 5.92 Å². The van der Waals surface area contributed by atoms with E-state index in [1.165, 1.54) is 20.0 Å². The molecule has 1 aromatic carbocycles. The maximum atomic E-state index is 11.6. The Morgan fingerprint density at radius 1 is 1.44 bits per heavy atom. The molecule has 98 valence electrons. The highest BCUT2D eigenvalue weighted by atomic mass is 16.5. The quantitative estimate of drug-likeness (QED) is 0.827. The van der Waals surface area contributed by atoms with Gasteiger partial charge in [-0.3, -0.25) is 0 Å². The van der Waals surface area contributed by atoms with Gasteiger partial charge >= 0.3 is 5.97 Å². The van der Waals surface area contributed by atoms with Crippen LogP contribution in [0.25, 0.3) is 0 Å². The summed E-state index contributed by atoms with van der Waals surface area (Å²) in [6.45, 7) is 2.72. The van der Waals surface area contributed by atoms with Crippen molar-refractivity contribution in [3.8, 4) is 5.75 Å². The van der Waals surface area contributed by atoms with Crippen LogP contribution in [0.3, 0.4) is 0 Å². The average Bonchev–Trinajstić information content (AvgIpc) is 2.45. The minimum atomic E-state index is -0.354. The Hall–Kier alpha value is -1.55. The number of hydrogen-bond donors (Lipinski definition) is 1. The van der Waals surface area contributed by atoms with Gasteiger partial charge in [0, 0.05) is 12.5 Å². The van der Waals surface area contributed by atoms with Gasteiger partial charge in [-0.25, -0.2) is 4.79 Å². The van der Waals surface area contributed by atoms with E-state index in [0.717, 1.165) is 13.1 Å². The van der Waals surface area contributed by atoms with E-state index in [2.05, 4.69) is 5.32 Å². The Balaban J connectivity index is 1.97. The molecule has 0 spiro atoms. The van der Waals surface area contributed by atoms with Crippen molar-refractivity contribution >= 4 is 5.97 Å².